The molecule has 2 aromatic rings. The zero-order valence-corrected chi connectivity index (χ0v) is 12.3. The molecule has 21 heavy (non-hydrogen) atoms. The number of aryl methyl sites for hydroxylation is 2. The molecule has 1 saturated carbocycles. The highest BCUT2D eigenvalue weighted by molar-refractivity contribution is 5.95. The zero-order chi connectivity index (χ0) is 15.0. The lowest BCUT2D eigenvalue weighted by Gasteiger charge is -2.28. The van der Waals surface area contributed by atoms with E-state index >= 15 is 0 Å². The first kappa shape index (κ1) is 14.0. The van der Waals surface area contributed by atoms with Crippen LogP contribution in [-0.2, 0) is 0 Å². The van der Waals surface area contributed by atoms with E-state index in [1.807, 2.05) is 19.9 Å². The van der Waals surface area contributed by atoms with Gasteiger partial charge in [0.15, 0.2) is 5.65 Å². The molecule has 6 nitrogen and oxygen atoms in total. The van der Waals surface area contributed by atoms with Crippen LogP contribution in [0.2, 0.25) is 0 Å². The van der Waals surface area contributed by atoms with Crippen LogP contribution in [0.25, 0.3) is 5.65 Å². The number of aliphatic hydroxyl groups is 1. The monoisotopic (exact) mass is 288 g/mol. The Morgan fingerprint density at radius 1 is 1.38 bits per heavy atom. The van der Waals surface area contributed by atoms with Crippen LogP contribution in [-0.4, -0.2) is 37.8 Å². The van der Waals surface area contributed by atoms with E-state index in [0.29, 0.717) is 5.56 Å². The fraction of sp³-hybridized carbons (Fsp3) is 0.533. The minimum Gasteiger partial charge on any atom is -0.391 e. The number of carbonyl (C=O) groups excluding carboxylic acids is 1. The van der Waals surface area contributed by atoms with Gasteiger partial charge >= 0.3 is 0 Å². The summed E-state index contributed by atoms with van der Waals surface area (Å²) in [5.41, 5.74) is 2.87. The van der Waals surface area contributed by atoms with Gasteiger partial charge in [0, 0.05) is 12.3 Å². The molecule has 0 aliphatic heterocycles. The van der Waals surface area contributed by atoms with E-state index in [1.165, 1.54) is 0 Å². The summed E-state index contributed by atoms with van der Waals surface area (Å²) >= 11 is 0. The first-order chi connectivity index (χ1) is 10.1. The number of aromatic nitrogens is 3. The van der Waals surface area contributed by atoms with Gasteiger partial charge in [-0.1, -0.05) is 12.8 Å². The van der Waals surface area contributed by atoms with Gasteiger partial charge in [0.05, 0.1) is 29.1 Å². The molecular formula is C15H20N4O2. The minimum absolute atomic E-state index is 0.166. The molecule has 0 unspecified atom stereocenters. The van der Waals surface area contributed by atoms with Crippen molar-refractivity contribution in [1.82, 2.24) is 19.9 Å². The van der Waals surface area contributed by atoms with E-state index in [0.717, 1.165) is 42.7 Å². The Bertz CT molecular complexity index is 680. The molecule has 1 aliphatic rings. The Morgan fingerprint density at radius 2 is 2.14 bits per heavy atom. The summed E-state index contributed by atoms with van der Waals surface area (Å²) in [5, 5.41) is 17.2. The Kier molecular flexibility index (Phi) is 3.63. The molecule has 0 spiro atoms. The molecule has 1 aliphatic carbocycles. The van der Waals surface area contributed by atoms with Gasteiger partial charge in [0.2, 0.25) is 0 Å². The van der Waals surface area contributed by atoms with Crippen LogP contribution in [0, 0.1) is 13.8 Å². The molecule has 2 heterocycles. The van der Waals surface area contributed by atoms with Gasteiger partial charge in [-0.2, -0.15) is 5.10 Å². The first-order valence-corrected chi connectivity index (χ1v) is 7.37. The van der Waals surface area contributed by atoms with Gasteiger partial charge in [-0.05, 0) is 26.7 Å². The van der Waals surface area contributed by atoms with Gasteiger partial charge < -0.3 is 10.4 Å². The standard InChI is InChI=1S/C15H20N4O2/c1-9-7-14-16-8-11(10(2)19(14)18-9)15(21)17-12-5-3-4-6-13(12)20/h7-8,12-13,20H,3-6H2,1-2H3,(H,17,21)/t12-,13-/m0/s1. The first-order valence-electron chi connectivity index (χ1n) is 7.37. The number of rotatable bonds is 2. The molecule has 1 fully saturated rings. The lowest BCUT2D eigenvalue weighted by molar-refractivity contribution is 0.0716. The molecular weight excluding hydrogens is 268 g/mol. The van der Waals surface area contributed by atoms with Crippen molar-refractivity contribution in [3.63, 3.8) is 0 Å². The quantitative estimate of drug-likeness (QED) is 0.875. The molecule has 3 rings (SSSR count). The van der Waals surface area contributed by atoms with Gasteiger partial charge in [0.1, 0.15) is 0 Å². The summed E-state index contributed by atoms with van der Waals surface area (Å²) in [6, 6.07) is 1.71. The molecule has 1 amide bonds. The second-order valence-corrected chi connectivity index (χ2v) is 5.74. The lowest BCUT2D eigenvalue weighted by atomic mass is 9.92. The normalized spacial score (nSPS) is 22.4. The van der Waals surface area contributed by atoms with Crippen molar-refractivity contribution in [3.8, 4) is 0 Å². The number of hydrogen-bond donors (Lipinski definition) is 2. The van der Waals surface area contributed by atoms with E-state index in [-0.39, 0.29) is 11.9 Å². The second kappa shape index (κ2) is 5.44. The van der Waals surface area contributed by atoms with Gasteiger partial charge in [-0.3, -0.25) is 4.79 Å². The molecule has 2 N–H and O–H groups in total. The third-order valence-electron chi connectivity index (χ3n) is 4.14. The summed E-state index contributed by atoms with van der Waals surface area (Å²) in [7, 11) is 0. The van der Waals surface area contributed by atoms with Crippen LogP contribution in [0.15, 0.2) is 12.3 Å². The van der Waals surface area contributed by atoms with Crippen LogP contribution in [0.3, 0.4) is 0 Å². The number of fused-ring (bicyclic) bond motifs is 1. The van der Waals surface area contributed by atoms with E-state index in [4.69, 9.17) is 0 Å². The highest BCUT2D eigenvalue weighted by atomic mass is 16.3. The van der Waals surface area contributed by atoms with E-state index in [1.54, 1.807) is 10.7 Å². The third-order valence-corrected chi connectivity index (χ3v) is 4.14. The van der Waals surface area contributed by atoms with Gasteiger partial charge in [-0.15, -0.1) is 0 Å². The Balaban J connectivity index is 1.85. The van der Waals surface area contributed by atoms with E-state index in [9.17, 15) is 9.90 Å². The van der Waals surface area contributed by atoms with Crippen molar-refractivity contribution in [1.29, 1.82) is 0 Å². The Labute approximate surface area is 123 Å². The Morgan fingerprint density at radius 3 is 2.90 bits per heavy atom. The van der Waals surface area contributed by atoms with Crippen LogP contribution < -0.4 is 5.32 Å². The van der Waals surface area contributed by atoms with Crippen LogP contribution >= 0.6 is 0 Å². The fourth-order valence-corrected chi connectivity index (χ4v) is 2.91. The van der Waals surface area contributed by atoms with Crippen molar-refractivity contribution in [2.75, 3.05) is 0 Å². The number of nitrogens with one attached hydrogen (secondary N) is 1. The maximum atomic E-state index is 12.4. The van der Waals surface area contributed by atoms with Crippen molar-refractivity contribution in [3.05, 3.63) is 29.2 Å². The summed E-state index contributed by atoms with van der Waals surface area (Å²) < 4.78 is 1.68. The molecule has 0 saturated heterocycles. The maximum absolute atomic E-state index is 12.4. The van der Waals surface area contributed by atoms with Crippen LogP contribution in [0.5, 0.6) is 0 Å². The van der Waals surface area contributed by atoms with Crippen LogP contribution in [0.1, 0.15) is 47.4 Å². The largest absolute Gasteiger partial charge is 0.391 e. The number of hydrogen-bond acceptors (Lipinski definition) is 4. The van der Waals surface area contributed by atoms with Crippen molar-refractivity contribution < 1.29 is 9.90 Å². The summed E-state index contributed by atoms with van der Waals surface area (Å²) in [6.45, 7) is 3.75. The smallest absolute Gasteiger partial charge is 0.255 e. The fourth-order valence-electron chi connectivity index (χ4n) is 2.91. The SMILES string of the molecule is Cc1cc2ncc(C(=O)N[C@H]3CCCC[C@@H]3O)c(C)n2n1. The predicted octanol–water partition coefficient (Wildman–Crippen LogP) is 1.38. The molecule has 0 aromatic carbocycles. The highest BCUT2D eigenvalue weighted by Gasteiger charge is 2.25. The number of nitrogens with zero attached hydrogens (tertiary/aromatic N) is 3. The van der Waals surface area contributed by atoms with Crippen molar-refractivity contribution in [2.24, 2.45) is 0 Å². The topological polar surface area (TPSA) is 79.5 Å². The second-order valence-electron chi connectivity index (χ2n) is 5.74. The summed E-state index contributed by atoms with van der Waals surface area (Å²) in [4.78, 5) is 16.7. The molecule has 6 heteroatoms. The number of carbonyl (C=O) groups is 1. The highest BCUT2D eigenvalue weighted by Crippen LogP contribution is 2.19. The average molecular weight is 288 g/mol. The van der Waals surface area contributed by atoms with Crippen molar-refractivity contribution in [2.45, 2.75) is 51.7 Å². The van der Waals surface area contributed by atoms with Crippen LogP contribution in [0.4, 0.5) is 0 Å². The molecule has 2 aromatic heterocycles. The molecule has 2 atom stereocenters. The summed E-state index contributed by atoms with van der Waals surface area (Å²) in [6.07, 6.45) is 4.76. The average Bonchev–Trinajstić information content (AvgIpc) is 2.83. The van der Waals surface area contributed by atoms with E-state index in [2.05, 4.69) is 15.4 Å². The minimum atomic E-state index is -0.452. The molecule has 112 valence electrons. The molecule has 0 radical (unpaired) electrons. The lowest BCUT2D eigenvalue weighted by Crippen LogP contribution is -2.45. The third kappa shape index (κ3) is 2.63. The van der Waals surface area contributed by atoms with E-state index < -0.39 is 6.10 Å². The molecule has 0 bridgehead atoms. The van der Waals surface area contributed by atoms with Gasteiger partial charge in [0.25, 0.3) is 5.91 Å². The Hall–Kier alpha value is -1.95. The summed E-state index contributed by atoms with van der Waals surface area (Å²) in [5.74, 6) is -0.194. The maximum Gasteiger partial charge on any atom is 0.255 e. The zero-order valence-electron chi connectivity index (χ0n) is 12.3. The number of amides is 1. The number of aliphatic hydroxyl groups excluding tert-OH is 1. The van der Waals surface area contributed by atoms with Crippen molar-refractivity contribution >= 4 is 11.6 Å². The van der Waals surface area contributed by atoms with Gasteiger partial charge in [-0.25, -0.2) is 9.50 Å². The predicted molar refractivity (Wildman–Crippen MR) is 78.2 cm³/mol.